The van der Waals surface area contributed by atoms with Gasteiger partial charge >= 0.3 is 0 Å². The number of furan rings is 1. The lowest BCUT2D eigenvalue weighted by Gasteiger charge is -2.44. The minimum Gasteiger partial charge on any atom is -0.459 e. The van der Waals surface area contributed by atoms with E-state index in [4.69, 9.17) is 4.42 Å². The molecule has 2 aliphatic heterocycles. The van der Waals surface area contributed by atoms with Crippen LogP contribution in [0, 0.1) is 11.6 Å². The summed E-state index contributed by atoms with van der Waals surface area (Å²) in [4.78, 5) is 17.7. The first-order valence-electron chi connectivity index (χ1n) is 7.78. The van der Waals surface area contributed by atoms with Gasteiger partial charge in [0.2, 0.25) is 0 Å². The van der Waals surface area contributed by atoms with Crippen LogP contribution in [-0.4, -0.2) is 41.9 Å². The molecule has 1 saturated heterocycles. The van der Waals surface area contributed by atoms with E-state index in [0.717, 1.165) is 18.3 Å². The van der Waals surface area contributed by atoms with E-state index in [1.54, 1.807) is 6.07 Å². The molecule has 0 unspecified atom stereocenters. The zero-order valence-corrected chi connectivity index (χ0v) is 13.0. The third-order valence-corrected chi connectivity index (χ3v) is 4.59. The molecule has 1 fully saturated rings. The molecule has 1 aromatic carbocycles. The number of aliphatic imine (C=N–C) groups is 1. The Morgan fingerprint density at radius 1 is 1.32 bits per heavy atom. The predicted molar refractivity (Wildman–Crippen MR) is 84.4 cm³/mol. The molecule has 8 heteroatoms. The van der Waals surface area contributed by atoms with Gasteiger partial charge < -0.3 is 14.6 Å². The maximum Gasteiger partial charge on any atom is 0.289 e. The Labute approximate surface area is 141 Å². The zero-order chi connectivity index (χ0) is 17.6. The summed E-state index contributed by atoms with van der Waals surface area (Å²) in [7, 11) is 0. The van der Waals surface area contributed by atoms with Crippen molar-refractivity contribution in [1.29, 1.82) is 0 Å². The second kappa shape index (κ2) is 5.65. The summed E-state index contributed by atoms with van der Waals surface area (Å²) in [6.07, 6.45) is 1.05. The summed E-state index contributed by atoms with van der Waals surface area (Å²) in [6.45, 7) is -0.0211. The molecular weight excluding hydrogens is 335 g/mol. The quantitative estimate of drug-likeness (QED) is 0.861. The summed E-state index contributed by atoms with van der Waals surface area (Å²) < 4.78 is 47.7. The Bertz CT molecular complexity index is 853. The maximum atomic E-state index is 14.9. The largest absolute Gasteiger partial charge is 0.459 e. The number of nitrogens with zero attached hydrogens (tertiary/aromatic N) is 2. The monoisotopic (exact) mass is 349 g/mol. The highest BCUT2D eigenvalue weighted by Crippen LogP contribution is 2.37. The van der Waals surface area contributed by atoms with E-state index < -0.39 is 29.4 Å². The topological polar surface area (TPSA) is 57.8 Å². The summed E-state index contributed by atoms with van der Waals surface area (Å²) in [5.74, 6) is -1.60. The van der Waals surface area contributed by atoms with Crippen molar-refractivity contribution >= 4 is 17.8 Å². The number of amides is 1. The lowest BCUT2D eigenvalue weighted by atomic mass is 9.92. The molecule has 1 N–H and O–H groups in total. The van der Waals surface area contributed by atoms with Gasteiger partial charge in [-0.3, -0.25) is 9.79 Å². The number of hydrogen-bond acceptors (Lipinski definition) is 4. The van der Waals surface area contributed by atoms with E-state index in [1.165, 1.54) is 17.2 Å². The van der Waals surface area contributed by atoms with Crippen molar-refractivity contribution in [3.05, 3.63) is 53.5 Å². The van der Waals surface area contributed by atoms with Crippen molar-refractivity contribution in [1.82, 2.24) is 4.90 Å². The van der Waals surface area contributed by atoms with Gasteiger partial charge in [-0.2, -0.15) is 0 Å². The third-order valence-electron chi connectivity index (χ3n) is 4.59. The molecule has 0 radical (unpaired) electrons. The van der Waals surface area contributed by atoms with E-state index in [9.17, 15) is 18.0 Å². The van der Waals surface area contributed by atoms with Crippen molar-refractivity contribution in [2.75, 3.05) is 18.4 Å². The van der Waals surface area contributed by atoms with Crippen LogP contribution in [0.4, 0.5) is 18.9 Å². The van der Waals surface area contributed by atoms with Gasteiger partial charge in [-0.15, -0.1) is 0 Å². The number of carbonyl (C=O) groups is 1. The molecule has 1 spiro atoms. The van der Waals surface area contributed by atoms with Crippen molar-refractivity contribution in [2.24, 2.45) is 4.99 Å². The Kier molecular flexibility index (Phi) is 3.55. The molecule has 0 bridgehead atoms. The van der Waals surface area contributed by atoms with Gasteiger partial charge in [0.1, 0.15) is 11.6 Å². The summed E-state index contributed by atoms with van der Waals surface area (Å²) in [5, 5.41) is 2.72. The minimum absolute atomic E-state index is 0.0353. The number of piperidine rings is 1. The van der Waals surface area contributed by atoms with E-state index >= 15 is 0 Å². The number of likely N-dealkylation sites (tertiary alicyclic amines) is 1. The predicted octanol–water partition coefficient (Wildman–Crippen LogP) is 2.98. The third kappa shape index (κ3) is 2.48. The average molecular weight is 349 g/mol. The number of benzene rings is 1. The second-order valence-electron chi connectivity index (χ2n) is 6.07. The minimum atomic E-state index is -1.59. The summed E-state index contributed by atoms with van der Waals surface area (Å²) in [6, 6.07) is 5.06. The number of rotatable bonds is 1. The van der Waals surface area contributed by atoms with Crippen LogP contribution in [0.2, 0.25) is 0 Å². The first-order valence-corrected chi connectivity index (χ1v) is 7.78. The Morgan fingerprint density at radius 3 is 2.84 bits per heavy atom. The van der Waals surface area contributed by atoms with Gasteiger partial charge in [0.15, 0.2) is 17.6 Å². The second-order valence-corrected chi connectivity index (χ2v) is 6.07. The van der Waals surface area contributed by atoms with E-state index in [2.05, 4.69) is 10.3 Å². The number of anilines is 1. The van der Waals surface area contributed by atoms with Crippen LogP contribution in [0.5, 0.6) is 0 Å². The fraction of sp³-hybridized carbons (Fsp3) is 0.294. The molecule has 1 aromatic heterocycles. The SMILES string of the molecule is O=C(c1ccco1)N1CC[C@@]2(N=Cc3c(F)ccc(F)c3N2)[C@@H](F)C1. The molecule has 3 heterocycles. The molecule has 1 amide bonds. The van der Waals surface area contributed by atoms with Crippen molar-refractivity contribution in [2.45, 2.75) is 18.3 Å². The summed E-state index contributed by atoms with van der Waals surface area (Å²) >= 11 is 0. The molecule has 5 nitrogen and oxygen atoms in total. The smallest absolute Gasteiger partial charge is 0.289 e. The van der Waals surface area contributed by atoms with Gasteiger partial charge in [0, 0.05) is 19.2 Å². The van der Waals surface area contributed by atoms with Crippen LogP contribution in [0.1, 0.15) is 22.5 Å². The maximum absolute atomic E-state index is 14.9. The van der Waals surface area contributed by atoms with E-state index in [-0.39, 0.29) is 36.5 Å². The first kappa shape index (κ1) is 15.7. The normalized spacial score (nSPS) is 24.9. The Hall–Kier alpha value is -2.77. The Morgan fingerprint density at radius 2 is 2.12 bits per heavy atom. The molecule has 2 aromatic rings. The fourth-order valence-electron chi connectivity index (χ4n) is 3.17. The molecule has 2 atom stereocenters. The van der Waals surface area contributed by atoms with Crippen molar-refractivity contribution in [3.63, 3.8) is 0 Å². The van der Waals surface area contributed by atoms with Gasteiger partial charge in [0.25, 0.3) is 5.91 Å². The number of nitrogens with one attached hydrogen (secondary N) is 1. The number of hydrogen-bond donors (Lipinski definition) is 1. The molecule has 0 aliphatic carbocycles. The number of alkyl halides is 1. The van der Waals surface area contributed by atoms with Gasteiger partial charge in [-0.05, 0) is 24.3 Å². The zero-order valence-electron chi connectivity index (χ0n) is 13.0. The van der Waals surface area contributed by atoms with Gasteiger partial charge in [-0.1, -0.05) is 0 Å². The molecule has 4 rings (SSSR count). The highest BCUT2D eigenvalue weighted by molar-refractivity contribution is 5.92. The van der Waals surface area contributed by atoms with Crippen LogP contribution in [0.3, 0.4) is 0 Å². The highest BCUT2D eigenvalue weighted by Gasteiger charge is 2.47. The highest BCUT2D eigenvalue weighted by atomic mass is 19.1. The molecule has 25 heavy (non-hydrogen) atoms. The van der Waals surface area contributed by atoms with Gasteiger partial charge in [0.05, 0.1) is 24.1 Å². The Balaban J connectivity index is 1.58. The van der Waals surface area contributed by atoms with Crippen molar-refractivity contribution in [3.8, 4) is 0 Å². The molecule has 130 valence electrons. The van der Waals surface area contributed by atoms with Crippen LogP contribution >= 0.6 is 0 Å². The molecular formula is C17H14F3N3O2. The number of halogens is 3. The van der Waals surface area contributed by atoms with Crippen LogP contribution in [0.25, 0.3) is 0 Å². The van der Waals surface area contributed by atoms with Crippen LogP contribution < -0.4 is 5.32 Å². The fourth-order valence-corrected chi connectivity index (χ4v) is 3.17. The average Bonchev–Trinajstić information content (AvgIpc) is 3.15. The van der Waals surface area contributed by atoms with E-state index in [0.29, 0.717) is 0 Å². The summed E-state index contributed by atoms with van der Waals surface area (Å²) in [5.41, 5.74) is -1.56. The van der Waals surface area contributed by atoms with Crippen LogP contribution in [-0.2, 0) is 0 Å². The first-order chi connectivity index (χ1) is 12.0. The van der Waals surface area contributed by atoms with Crippen LogP contribution in [0.15, 0.2) is 39.9 Å². The standard InChI is InChI=1S/C17H14F3N3O2/c18-11-3-4-12(19)15-10(11)8-21-17(22-15)5-6-23(9-14(17)20)16(24)13-2-1-7-25-13/h1-4,7-8,14,22H,5-6,9H2/t14-,17-/m0/s1. The van der Waals surface area contributed by atoms with E-state index in [1.807, 2.05) is 0 Å². The molecule has 0 saturated carbocycles. The molecule has 2 aliphatic rings. The lowest BCUT2D eigenvalue weighted by Crippen LogP contribution is -2.59. The lowest BCUT2D eigenvalue weighted by molar-refractivity contribution is 0.0468. The van der Waals surface area contributed by atoms with Crippen molar-refractivity contribution < 1.29 is 22.4 Å². The number of carbonyl (C=O) groups excluding carboxylic acids is 1. The number of fused-ring (bicyclic) bond motifs is 1. The van der Waals surface area contributed by atoms with Gasteiger partial charge in [-0.25, -0.2) is 13.2 Å².